The van der Waals surface area contributed by atoms with Crippen LogP contribution in [-0.2, 0) is 7.05 Å². The van der Waals surface area contributed by atoms with Crippen molar-refractivity contribution in [2.45, 2.75) is 5.38 Å². The van der Waals surface area contributed by atoms with Gasteiger partial charge in [-0.05, 0) is 17.7 Å². The lowest BCUT2D eigenvalue weighted by atomic mass is 10.1. The molecule has 0 spiro atoms. The molecule has 0 aliphatic carbocycles. The van der Waals surface area contributed by atoms with Crippen molar-refractivity contribution in [3.8, 4) is 6.07 Å². The highest BCUT2D eigenvalue weighted by Crippen LogP contribution is 2.32. The van der Waals surface area contributed by atoms with Gasteiger partial charge < -0.3 is 9.67 Å². The van der Waals surface area contributed by atoms with Gasteiger partial charge in [0.25, 0.3) is 0 Å². The molecular formula is C18H14ClN3O. The van der Waals surface area contributed by atoms with E-state index in [1.165, 1.54) is 0 Å². The molecule has 0 saturated carbocycles. The van der Waals surface area contributed by atoms with Crippen LogP contribution in [0.2, 0.25) is 0 Å². The maximum absolute atomic E-state index is 10.5. The molecule has 5 heteroatoms. The summed E-state index contributed by atoms with van der Waals surface area (Å²) >= 11 is 6.34. The number of nitrogens with zero attached hydrogens (tertiary/aromatic N) is 3. The van der Waals surface area contributed by atoms with Gasteiger partial charge in [0.2, 0.25) is 0 Å². The predicted octanol–water partition coefficient (Wildman–Crippen LogP) is 4.35. The summed E-state index contributed by atoms with van der Waals surface area (Å²) in [5.41, 5.74) is 2.44. The number of aryl methyl sites for hydroxylation is 1. The Hall–Kier alpha value is -2.77. The average Bonchev–Trinajstić information content (AvgIpc) is 2.93. The number of aromatic nitrogens is 2. The Morgan fingerprint density at radius 3 is 2.48 bits per heavy atom. The van der Waals surface area contributed by atoms with Crippen LogP contribution in [0.3, 0.4) is 0 Å². The molecule has 0 aliphatic heterocycles. The standard InChI is InChI=1S/C18H14ClN3O/c1-22-15-10-6-5-9-14(15)21-18(22)13(11-20)17(23)16(19)12-7-3-2-4-8-12/h2-10,16,23H,1H3/t16-/m1/s1. The minimum Gasteiger partial charge on any atom is -0.509 e. The van der Waals surface area contributed by atoms with E-state index in [4.69, 9.17) is 11.6 Å². The van der Waals surface area contributed by atoms with Gasteiger partial charge in [-0.15, -0.1) is 11.6 Å². The minimum absolute atomic E-state index is 0.0764. The molecule has 0 unspecified atom stereocenters. The zero-order valence-electron chi connectivity index (χ0n) is 12.4. The van der Waals surface area contributed by atoms with Gasteiger partial charge in [0.05, 0.1) is 11.0 Å². The zero-order valence-corrected chi connectivity index (χ0v) is 13.2. The third kappa shape index (κ3) is 2.67. The number of halogens is 1. The van der Waals surface area contributed by atoms with Crippen molar-refractivity contribution in [1.29, 1.82) is 5.26 Å². The highest BCUT2D eigenvalue weighted by atomic mass is 35.5. The lowest BCUT2D eigenvalue weighted by molar-refractivity contribution is 0.397. The topological polar surface area (TPSA) is 61.8 Å². The van der Waals surface area contributed by atoms with Crippen LogP contribution in [0.25, 0.3) is 16.6 Å². The molecule has 0 radical (unpaired) electrons. The van der Waals surface area contributed by atoms with E-state index in [9.17, 15) is 10.4 Å². The molecule has 0 saturated heterocycles. The van der Waals surface area contributed by atoms with Gasteiger partial charge in [-0.2, -0.15) is 5.26 Å². The van der Waals surface area contributed by atoms with E-state index in [1.54, 1.807) is 23.7 Å². The molecule has 0 bridgehead atoms. The van der Waals surface area contributed by atoms with Crippen LogP contribution in [-0.4, -0.2) is 14.7 Å². The quantitative estimate of drug-likeness (QED) is 0.443. The first-order valence-electron chi connectivity index (χ1n) is 7.07. The van der Waals surface area contributed by atoms with E-state index >= 15 is 0 Å². The van der Waals surface area contributed by atoms with E-state index in [1.807, 2.05) is 48.5 Å². The molecule has 3 aromatic rings. The number of fused-ring (bicyclic) bond motifs is 1. The molecule has 1 atom stereocenters. The van der Waals surface area contributed by atoms with Crippen molar-refractivity contribution in [1.82, 2.24) is 9.55 Å². The Labute approximate surface area is 138 Å². The number of aliphatic hydroxyl groups excluding tert-OH is 1. The summed E-state index contributed by atoms with van der Waals surface area (Å²) in [6.45, 7) is 0. The van der Waals surface area contributed by atoms with E-state index in [2.05, 4.69) is 4.98 Å². The number of para-hydroxylation sites is 2. The first-order chi connectivity index (χ1) is 11.1. The Balaban J connectivity index is 2.14. The smallest absolute Gasteiger partial charge is 0.155 e. The molecule has 1 heterocycles. The molecular weight excluding hydrogens is 310 g/mol. The first kappa shape index (κ1) is 15.1. The summed E-state index contributed by atoms with van der Waals surface area (Å²) < 4.78 is 1.78. The van der Waals surface area contributed by atoms with Gasteiger partial charge in [-0.3, -0.25) is 0 Å². The van der Waals surface area contributed by atoms with Gasteiger partial charge >= 0.3 is 0 Å². The molecule has 1 aromatic heterocycles. The lowest BCUT2D eigenvalue weighted by Crippen LogP contribution is -2.03. The van der Waals surface area contributed by atoms with Gasteiger partial charge in [0.15, 0.2) is 5.82 Å². The van der Waals surface area contributed by atoms with Gasteiger partial charge in [0.1, 0.15) is 22.8 Å². The van der Waals surface area contributed by atoms with Crippen LogP contribution in [0, 0.1) is 11.3 Å². The Morgan fingerprint density at radius 2 is 1.83 bits per heavy atom. The third-order valence-corrected chi connectivity index (χ3v) is 4.17. The molecule has 0 aliphatic rings. The summed E-state index contributed by atoms with van der Waals surface area (Å²) in [4.78, 5) is 4.44. The van der Waals surface area contributed by atoms with Crippen LogP contribution in [0.15, 0.2) is 60.4 Å². The van der Waals surface area contributed by atoms with E-state index in [0.29, 0.717) is 5.82 Å². The Morgan fingerprint density at radius 1 is 1.17 bits per heavy atom. The molecule has 3 rings (SSSR count). The van der Waals surface area contributed by atoms with Crippen molar-refractivity contribution in [3.63, 3.8) is 0 Å². The average molecular weight is 324 g/mol. The number of benzene rings is 2. The molecule has 1 N–H and O–H groups in total. The number of imidazole rings is 1. The number of allylic oxidation sites excluding steroid dienone is 2. The van der Waals surface area contributed by atoms with E-state index in [-0.39, 0.29) is 11.3 Å². The predicted molar refractivity (Wildman–Crippen MR) is 90.9 cm³/mol. The molecule has 114 valence electrons. The van der Waals surface area contributed by atoms with Gasteiger partial charge in [0, 0.05) is 7.05 Å². The number of rotatable bonds is 3. The second-order valence-corrected chi connectivity index (χ2v) is 5.56. The Kier molecular flexibility index (Phi) is 4.05. The number of hydrogen-bond acceptors (Lipinski definition) is 3. The van der Waals surface area contributed by atoms with Crippen molar-refractivity contribution in [3.05, 3.63) is 71.7 Å². The second-order valence-electron chi connectivity index (χ2n) is 5.13. The van der Waals surface area contributed by atoms with Crippen LogP contribution >= 0.6 is 11.6 Å². The summed E-state index contributed by atoms with van der Waals surface area (Å²) in [6, 6.07) is 18.7. The van der Waals surface area contributed by atoms with E-state index in [0.717, 1.165) is 16.6 Å². The fraction of sp³-hybridized carbons (Fsp3) is 0.111. The lowest BCUT2D eigenvalue weighted by Gasteiger charge is -2.11. The molecule has 4 nitrogen and oxygen atoms in total. The summed E-state index contributed by atoms with van der Waals surface area (Å²) in [7, 11) is 1.81. The summed E-state index contributed by atoms with van der Waals surface area (Å²) in [5, 5.41) is 19.2. The minimum atomic E-state index is -0.800. The molecule has 23 heavy (non-hydrogen) atoms. The SMILES string of the molecule is Cn1c(C(C#N)=C(O)[C@H](Cl)c2ccccc2)nc2ccccc21. The summed E-state index contributed by atoms with van der Waals surface area (Å²) in [5.74, 6) is 0.201. The molecule has 0 amide bonds. The van der Waals surface area contributed by atoms with Crippen molar-refractivity contribution >= 4 is 28.2 Å². The summed E-state index contributed by atoms with van der Waals surface area (Å²) in [6.07, 6.45) is 0. The Bertz CT molecular complexity index is 922. The maximum atomic E-state index is 10.5. The largest absolute Gasteiger partial charge is 0.509 e. The van der Waals surface area contributed by atoms with E-state index < -0.39 is 5.38 Å². The van der Waals surface area contributed by atoms with Gasteiger partial charge in [-0.1, -0.05) is 42.5 Å². The number of alkyl halides is 1. The van der Waals surface area contributed by atoms with Crippen molar-refractivity contribution in [2.24, 2.45) is 7.05 Å². The van der Waals surface area contributed by atoms with Crippen LogP contribution < -0.4 is 0 Å². The monoisotopic (exact) mass is 323 g/mol. The first-order valence-corrected chi connectivity index (χ1v) is 7.51. The normalized spacial score (nSPS) is 13.4. The van der Waals surface area contributed by atoms with Crippen LogP contribution in [0.1, 0.15) is 16.8 Å². The third-order valence-electron chi connectivity index (χ3n) is 3.71. The van der Waals surface area contributed by atoms with Gasteiger partial charge in [-0.25, -0.2) is 4.98 Å². The molecule has 2 aromatic carbocycles. The number of aliphatic hydroxyl groups is 1. The van der Waals surface area contributed by atoms with Crippen molar-refractivity contribution < 1.29 is 5.11 Å². The van der Waals surface area contributed by atoms with Crippen LogP contribution in [0.5, 0.6) is 0 Å². The maximum Gasteiger partial charge on any atom is 0.155 e. The fourth-order valence-corrected chi connectivity index (χ4v) is 2.75. The number of nitriles is 1. The highest BCUT2D eigenvalue weighted by Gasteiger charge is 2.22. The second kappa shape index (κ2) is 6.15. The number of hydrogen-bond donors (Lipinski definition) is 1. The zero-order chi connectivity index (χ0) is 16.4. The molecule has 0 fully saturated rings. The highest BCUT2D eigenvalue weighted by molar-refractivity contribution is 6.23. The fourth-order valence-electron chi connectivity index (χ4n) is 2.50. The van der Waals surface area contributed by atoms with Crippen LogP contribution in [0.4, 0.5) is 0 Å². The van der Waals surface area contributed by atoms with Crippen molar-refractivity contribution in [2.75, 3.05) is 0 Å².